The second-order valence-electron chi connectivity index (χ2n) is 4.46. The van der Waals surface area contributed by atoms with Crippen LogP contribution in [0, 0.1) is 0 Å². The standard InChI is InChI=1S/C16H21NO4/c1-4-11-17-14(9-10-15(18)21-3)16(19)12-5-7-13(20-2)8-6-12/h4-8,14,17H,1,9-11H2,2-3H3. The zero-order chi connectivity index (χ0) is 15.7. The zero-order valence-corrected chi connectivity index (χ0v) is 12.4. The van der Waals surface area contributed by atoms with Crippen molar-refractivity contribution in [2.75, 3.05) is 20.8 Å². The zero-order valence-electron chi connectivity index (χ0n) is 12.4. The quantitative estimate of drug-likeness (QED) is 0.428. The van der Waals surface area contributed by atoms with Crippen LogP contribution in [0.25, 0.3) is 0 Å². The number of carbonyl (C=O) groups excluding carboxylic acids is 2. The highest BCUT2D eigenvalue weighted by Gasteiger charge is 2.20. The van der Waals surface area contributed by atoms with Gasteiger partial charge in [-0.15, -0.1) is 6.58 Å². The summed E-state index contributed by atoms with van der Waals surface area (Å²) in [5.74, 6) is 0.294. The molecule has 5 nitrogen and oxygen atoms in total. The average molecular weight is 291 g/mol. The molecule has 0 aromatic heterocycles. The third-order valence-electron chi connectivity index (χ3n) is 3.06. The molecule has 0 saturated heterocycles. The highest BCUT2D eigenvalue weighted by atomic mass is 16.5. The van der Waals surface area contributed by atoms with Crippen LogP contribution in [0.3, 0.4) is 0 Å². The van der Waals surface area contributed by atoms with Gasteiger partial charge in [0.25, 0.3) is 0 Å². The van der Waals surface area contributed by atoms with Gasteiger partial charge < -0.3 is 14.8 Å². The van der Waals surface area contributed by atoms with Crippen molar-refractivity contribution >= 4 is 11.8 Å². The summed E-state index contributed by atoms with van der Waals surface area (Å²) in [7, 11) is 2.90. The van der Waals surface area contributed by atoms with E-state index in [1.54, 1.807) is 37.5 Å². The molecule has 0 spiro atoms. The van der Waals surface area contributed by atoms with Gasteiger partial charge in [0.05, 0.1) is 20.3 Å². The molecule has 0 radical (unpaired) electrons. The Labute approximate surface area is 124 Å². The van der Waals surface area contributed by atoms with Crippen LogP contribution in [0.5, 0.6) is 5.75 Å². The van der Waals surface area contributed by atoms with Crippen molar-refractivity contribution < 1.29 is 19.1 Å². The molecule has 1 atom stereocenters. The van der Waals surface area contributed by atoms with E-state index in [1.807, 2.05) is 0 Å². The first-order valence-corrected chi connectivity index (χ1v) is 6.71. The van der Waals surface area contributed by atoms with E-state index in [9.17, 15) is 9.59 Å². The topological polar surface area (TPSA) is 64.6 Å². The van der Waals surface area contributed by atoms with Crippen LogP contribution in [0.15, 0.2) is 36.9 Å². The Morgan fingerprint density at radius 2 is 1.95 bits per heavy atom. The van der Waals surface area contributed by atoms with Gasteiger partial charge in [0.1, 0.15) is 5.75 Å². The van der Waals surface area contributed by atoms with Crippen LogP contribution < -0.4 is 10.1 Å². The van der Waals surface area contributed by atoms with Gasteiger partial charge in [-0.1, -0.05) is 6.08 Å². The molecule has 0 bridgehead atoms. The lowest BCUT2D eigenvalue weighted by atomic mass is 10.00. The molecule has 1 aromatic carbocycles. The van der Waals surface area contributed by atoms with Crippen molar-refractivity contribution in [1.82, 2.24) is 5.32 Å². The number of nitrogens with one attached hydrogen (secondary N) is 1. The minimum absolute atomic E-state index is 0.0663. The largest absolute Gasteiger partial charge is 0.497 e. The molecule has 1 unspecified atom stereocenters. The molecule has 1 N–H and O–H groups in total. The first-order chi connectivity index (χ1) is 10.1. The monoisotopic (exact) mass is 291 g/mol. The van der Waals surface area contributed by atoms with E-state index >= 15 is 0 Å². The van der Waals surface area contributed by atoms with E-state index in [4.69, 9.17) is 4.74 Å². The molecule has 5 heteroatoms. The number of hydrogen-bond acceptors (Lipinski definition) is 5. The highest BCUT2D eigenvalue weighted by Crippen LogP contribution is 2.14. The van der Waals surface area contributed by atoms with Gasteiger partial charge in [-0.2, -0.15) is 0 Å². The molecule has 0 fully saturated rings. The summed E-state index contributed by atoms with van der Waals surface area (Å²) in [5, 5.41) is 3.07. The van der Waals surface area contributed by atoms with Crippen LogP contribution in [0.2, 0.25) is 0 Å². The lowest BCUT2D eigenvalue weighted by Crippen LogP contribution is -2.37. The Kier molecular flexibility index (Phi) is 7.18. The Morgan fingerprint density at radius 3 is 2.48 bits per heavy atom. The van der Waals surface area contributed by atoms with E-state index in [0.717, 1.165) is 0 Å². The van der Waals surface area contributed by atoms with Crippen molar-refractivity contribution in [3.05, 3.63) is 42.5 Å². The minimum atomic E-state index is -0.449. The molecule has 114 valence electrons. The first-order valence-electron chi connectivity index (χ1n) is 6.71. The molecular formula is C16H21NO4. The number of methoxy groups -OCH3 is 2. The van der Waals surface area contributed by atoms with E-state index in [0.29, 0.717) is 24.3 Å². The molecule has 1 rings (SSSR count). The van der Waals surface area contributed by atoms with Gasteiger partial charge in [-0.25, -0.2) is 0 Å². The Bertz CT molecular complexity index is 482. The maximum absolute atomic E-state index is 12.5. The summed E-state index contributed by atoms with van der Waals surface area (Å²) in [4.78, 5) is 23.7. The van der Waals surface area contributed by atoms with Crippen LogP contribution in [-0.4, -0.2) is 38.6 Å². The minimum Gasteiger partial charge on any atom is -0.497 e. The predicted octanol–water partition coefficient (Wildman–Crippen LogP) is 1.98. The molecular weight excluding hydrogens is 270 g/mol. The maximum atomic E-state index is 12.5. The Balaban J connectivity index is 2.76. The first kappa shape index (κ1) is 16.9. The predicted molar refractivity (Wildman–Crippen MR) is 80.6 cm³/mol. The molecule has 0 aliphatic rings. The molecule has 0 heterocycles. The van der Waals surface area contributed by atoms with E-state index in [1.165, 1.54) is 7.11 Å². The fourth-order valence-corrected chi connectivity index (χ4v) is 1.87. The Morgan fingerprint density at radius 1 is 1.29 bits per heavy atom. The second-order valence-corrected chi connectivity index (χ2v) is 4.46. The average Bonchev–Trinajstić information content (AvgIpc) is 2.54. The number of ether oxygens (including phenoxy) is 2. The summed E-state index contributed by atoms with van der Waals surface area (Å²) in [6, 6.07) is 6.44. The molecule has 0 amide bonds. The van der Waals surface area contributed by atoms with Gasteiger partial charge in [-0.3, -0.25) is 9.59 Å². The van der Waals surface area contributed by atoms with Crippen molar-refractivity contribution in [1.29, 1.82) is 0 Å². The van der Waals surface area contributed by atoms with Gasteiger partial charge in [0.15, 0.2) is 5.78 Å². The third kappa shape index (κ3) is 5.39. The van der Waals surface area contributed by atoms with Gasteiger partial charge in [0.2, 0.25) is 0 Å². The van der Waals surface area contributed by atoms with Gasteiger partial charge in [-0.05, 0) is 30.7 Å². The molecule has 0 aliphatic carbocycles. The number of Topliss-reactive ketones (excluding diaryl/α,β-unsaturated/α-hetero) is 1. The Hall–Kier alpha value is -2.14. The lowest BCUT2D eigenvalue weighted by molar-refractivity contribution is -0.140. The summed E-state index contributed by atoms with van der Waals surface area (Å²) < 4.78 is 9.67. The van der Waals surface area contributed by atoms with E-state index in [2.05, 4.69) is 16.6 Å². The van der Waals surface area contributed by atoms with Gasteiger partial charge >= 0.3 is 5.97 Å². The van der Waals surface area contributed by atoms with Crippen molar-refractivity contribution in [3.63, 3.8) is 0 Å². The number of ketones is 1. The molecule has 1 aromatic rings. The van der Waals surface area contributed by atoms with Crippen LogP contribution in [-0.2, 0) is 9.53 Å². The SMILES string of the molecule is C=CCNC(CCC(=O)OC)C(=O)c1ccc(OC)cc1. The van der Waals surface area contributed by atoms with Gasteiger partial charge in [0, 0.05) is 18.5 Å². The number of esters is 1. The van der Waals surface area contributed by atoms with Crippen LogP contribution in [0.1, 0.15) is 23.2 Å². The number of benzene rings is 1. The fourth-order valence-electron chi connectivity index (χ4n) is 1.87. The summed E-state index contributed by atoms with van der Waals surface area (Å²) in [6.45, 7) is 4.11. The maximum Gasteiger partial charge on any atom is 0.305 e. The van der Waals surface area contributed by atoms with Crippen LogP contribution in [0.4, 0.5) is 0 Å². The van der Waals surface area contributed by atoms with Crippen molar-refractivity contribution in [3.8, 4) is 5.75 Å². The molecule has 0 saturated carbocycles. The lowest BCUT2D eigenvalue weighted by Gasteiger charge is -2.16. The third-order valence-corrected chi connectivity index (χ3v) is 3.06. The van der Waals surface area contributed by atoms with Crippen LogP contribution >= 0.6 is 0 Å². The van der Waals surface area contributed by atoms with E-state index in [-0.39, 0.29) is 18.2 Å². The molecule has 0 aliphatic heterocycles. The fraction of sp³-hybridized carbons (Fsp3) is 0.375. The summed E-state index contributed by atoms with van der Waals surface area (Å²) >= 11 is 0. The normalized spacial score (nSPS) is 11.5. The van der Waals surface area contributed by atoms with Crippen molar-refractivity contribution in [2.45, 2.75) is 18.9 Å². The smallest absolute Gasteiger partial charge is 0.305 e. The second kappa shape index (κ2) is 8.92. The number of hydrogen-bond donors (Lipinski definition) is 1. The summed E-state index contributed by atoms with van der Waals surface area (Å²) in [6.07, 6.45) is 2.24. The van der Waals surface area contributed by atoms with Crippen molar-refractivity contribution in [2.24, 2.45) is 0 Å². The highest BCUT2D eigenvalue weighted by molar-refractivity contribution is 6.00. The number of carbonyl (C=O) groups is 2. The summed E-state index contributed by atoms with van der Waals surface area (Å²) in [5.41, 5.74) is 0.572. The van der Waals surface area contributed by atoms with E-state index < -0.39 is 6.04 Å². The number of rotatable bonds is 9. The molecule has 21 heavy (non-hydrogen) atoms.